The fourth-order valence-electron chi connectivity index (χ4n) is 3.73. The van der Waals surface area contributed by atoms with Gasteiger partial charge in [-0.15, -0.1) is 0 Å². The third-order valence-electron chi connectivity index (χ3n) is 4.92. The Labute approximate surface area is 147 Å². The van der Waals surface area contributed by atoms with Gasteiger partial charge in [0.15, 0.2) is 5.65 Å². The summed E-state index contributed by atoms with van der Waals surface area (Å²) in [6, 6.07) is 8.32. The van der Waals surface area contributed by atoms with Crippen molar-refractivity contribution in [2.75, 3.05) is 20.2 Å². The van der Waals surface area contributed by atoms with Gasteiger partial charge >= 0.3 is 0 Å². The first-order chi connectivity index (χ1) is 12.2. The third kappa shape index (κ3) is 3.22. The summed E-state index contributed by atoms with van der Waals surface area (Å²) < 4.78 is 7.18. The average Bonchev–Trinajstić information content (AvgIpc) is 2.99. The summed E-state index contributed by atoms with van der Waals surface area (Å²) in [5.74, 6) is 1.32. The Kier molecular flexibility index (Phi) is 4.36. The lowest BCUT2D eigenvalue weighted by Crippen LogP contribution is -2.34. The van der Waals surface area contributed by atoms with E-state index in [4.69, 9.17) is 9.84 Å². The smallest absolute Gasteiger partial charge is 0.176 e. The molecule has 1 saturated heterocycles. The van der Waals surface area contributed by atoms with Crippen molar-refractivity contribution in [3.8, 4) is 5.75 Å². The van der Waals surface area contributed by atoms with Crippen LogP contribution in [0.4, 0.5) is 0 Å². The SMILES string of the molecule is COc1cccc(CN2CCC[C@@H](c3nn(C)c4nccnc34)C2)c1. The van der Waals surface area contributed by atoms with Crippen molar-refractivity contribution in [3.05, 3.63) is 47.9 Å². The van der Waals surface area contributed by atoms with Crippen LogP contribution >= 0.6 is 0 Å². The first kappa shape index (κ1) is 16.0. The second-order valence-corrected chi connectivity index (χ2v) is 6.66. The molecule has 0 unspecified atom stereocenters. The Morgan fingerprint density at radius 2 is 2.12 bits per heavy atom. The van der Waals surface area contributed by atoms with Gasteiger partial charge in [0.25, 0.3) is 0 Å². The molecule has 0 radical (unpaired) electrons. The topological polar surface area (TPSA) is 56.1 Å². The molecule has 25 heavy (non-hydrogen) atoms. The lowest BCUT2D eigenvalue weighted by atomic mass is 9.94. The zero-order valence-corrected chi connectivity index (χ0v) is 14.7. The first-order valence-electron chi connectivity index (χ1n) is 8.73. The minimum absolute atomic E-state index is 0.403. The monoisotopic (exact) mass is 337 g/mol. The summed E-state index contributed by atoms with van der Waals surface area (Å²) in [4.78, 5) is 11.4. The number of aryl methyl sites for hydroxylation is 1. The highest BCUT2D eigenvalue weighted by molar-refractivity contribution is 5.73. The second kappa shape index (κ2) is 6.80. The van der Waals surface area contributed by atoms with Crippen molar-refractivity contribution in [1.29, 1.82) is 0 Å². The molecule has 6 heteroatoms. The number of rotatable bonds is 4. The molecule has 3 aromatic rings. The van der Waals surface area contributed by atoms with Gasteiger partial charge in [-0.3, -0.25) is 4.90 Å². The van der Waals surface area contributed by atoms with Crippen LogP contribution in [0.1, 0.15) is 30.0 Å². The molecule has 1 fully saturated rings. The van der Waals surface area contributed by atoms with Crippen LogP contribution in [-0.2, 0) is 13.6 Å². The Hall–Kier alpha value is -2.47. The van der Waals surface area contributed by atoms with Crippen molar-refractivity contribution in [3.63, 3.8) is 0 Å². The molecule has 130 valence electrons. The average molecular weight is 337 g/mol. The number of hydrogen-bond acceptors (Lipinski definition) is 5. The van der Waals surface area contributed by atoms with Crippen LogP contribution in [0.2, 0.25) is 0 Å². The highest BCUT2D eigenvalue weighted by Crippen LogP contribution is 2.30. The molecule has 2 aromatic heterocycles. The lowest BCUT2D eigenvalue weighted by Gasteiger charge is -2.32. The van der Waals surface area contributed by atoms with Crippen molar-refractivity contribution < 1.29 is 4.74 Å². The zero-order valence-electron chi connectivity index (χ0n) is 14.7. The van der Waals surface area contributed by atoms with E-state index in [0.29, 0.717) is 5.92 Å². The number of ether oxygens (including phenoxy) is 1. The van der Waals surface area contributed by atoms with Crippen molar-refractivity contribution in [2.24, 2.45) is 7.05 Å². The molecule has 0 aliphatic carbocycles. The van der Waals surface area contributed by atoms with E-state index in [2.05, 4.69) is 33.1 Å². The summed E-state index contributed by atoms with van der Waals surface area (Å²) in [5.41, 5.74) is 4.17. The molecule has 1 aliphatic heterocycles. The third-order valence-corrected chi connectivity index (χ3v) is 4.92. The Morgan fingerprint density at radius 1 is 1.24 bits per heavy atom. The van der Waals surface area contributed by atoms with E-state index < -0.39 is 0 Å². The van der Waals surface area contributed by atoms with Crippen LogP contribution in [-0.4, -0.2) is 44.8 Å². The molecule has 0 amide bonds. The molecule has 0 bridgehead atoms. The van der Waals surface area contributed by atoms with E-state index in [0.717, 1.165) is 48.7 Å². The Balaban J connectivity index is 1.54. The predicted octanol–water partition coefficient (Wildman–Crippen LogP) is 2.75. The molecule has 0 saturated carbocycles. The van der Waals surface area contributed by atoms with Crippen LogP contribution in [0.25, 0.3) is 11.2 Å². The number of hydrogen-bond donors (Lipinski definition) is 0. The second-order valence-electron chi connectivity index (χ2n) is 6.66. The summed E-state index contributed by atoms with van der Waals surface area (Å²) in [5, 5.41) is 4.73. The van der Waals surface area contributed by atoms with E-state index in [1.807, 2.05) is 17.8 Å². The molecule has 1 aromatic carbocycles. The summed E-state index contributed by atoms with van der Waals surface area (Å²) in [7, 11) is 3.65. The van der Waals surface area contributed by atoms with Crippen molar-refractivity contribution in [2.45, 2.75) is 25.3 Å². The number of aromatic nitrogens is 4. The maximum atomic E-state index is 5.34. The Bertz CT molecular complexity index is 875. The van der Waals surface area contributed by atoms with Crippen LogP contribution in [0, 0.1) is 0 Å². The van der Waals surface area contributed by atoms with Gasteiger partial charge in [0.1, 0.15) is 11.3 Å². The van der Waals surface area contributed by atoms with Crippen LogP contribution in [0.5, 0.6) is 5.75 Å². The summed E-state index contributed by atoms with van der Waals surface area (Å²) in [6.07, 6.45) is 5.80. The van der Waals surface area contributed by atoms with Crippen LogP contribution in [0.15, 0.2) is 36.7 Å². The molecule has 6 nitrogen and oxygen atoms in total. The minimum atomic E-state index is 0.403. The fourth-order valence-corrected chi connectivity index (χ4v) is 3.73. The highest BCUT2D eigenvalue weighted by Gasteiger charge is 2.26. The number of likely N-dealkylation sites (tertiary alicyclic amines) is 1. The van der Waals surface area contributed by atoms with Gasteiger partial charge in [-0.1, -0.05) is 12.1 Å². The molecule has 1 atom stereocenters. The van der Waals surface area contributed by atoms with Gasteiger partial charge < -0.3 is 4.74 Å². The predicted molar refractivity (Wildman–Crippen MR) is 96.6 cm³/mol. The standard InChI is InChI=1S/C19H23N5O/c1-23-19-18(20-8-9-21-19)17(22-23)15-6-4-10-24(13-15)12-14-5-3-7-16(11-14)25-2/h3,5,7-9,11,15H,4,6,10,12-13H2,1-2H3/t15-/m1/s1. The van der Waals surface area contributed by atoms with Gasteiger partial charge in [-0.05, 0) is 37.1 Å². The molecule has 0 spiro atoms. The molecular weight excluding hydrogens is 314 g/mol. The van der Waals surface area contributed by atoms with E-state index in [1.54, 1.807) is 19.5 Å². The van der Waals surface area contributed by atoms with Gasteiger partial charge in [0.2, 0.25) is 0 Å². The molecule has 3 heterocycles. The number of fused-ring (bicyclic) bond motifs is 1. The van der Waals surface area contributed by atoms with E-state index in [-0.39, 0.29) is 0 Å². The Morgan fingerprint density at radius 3 is 3.00 bits per heavy atom. The van der Waals surface area contributed by atoms with E-state index in [9.17, 15) is 0 Å². The number of nitrogens with zero attached hydrogens (tertiary/aromatic N) is 5. The number of piperidine rings is 1. The van der Waals surface area contributed by atoms with Gasteiger partial charge in [-0.25, -0.2) is 14.6 Å². The summed E-state index contributed by atoms with van der Waals surface area (Å²) in [6.45, 7) is 3.05. The summed E-state index contributed by atoms with van der Waals surface area (Å²) >= 11 is 0. The van der Waals surface area contributed by atoms with Crippen LogP contribution < -0.4 is 4.74 Å². The number of methoxy groups -OCH3 is 1. The molecular formula is C19H23N5O. The van der Waals surface area contributed by atoms with Gasteiger partial charge in [0, 0.05) is 38.4 Å². The molecule has 4 rings (SSSR count). The number of benzene rings is 1. The molecule has 0 N–H and O–H groups in total. The van der Waals surface area contributed by atoms with Crippen molar-refractivity contribution in [1.82, 2.24) is 24.6 Å². The highest BCUT2D eigenvalue weighted by atomic mass is 16.5. The first-order valence-corrected chi connectivity index (χ1v) is 8.73. The zero-order chi connectivity index (χ0) is 17.2. The normalized spacial score (nSPS) is 18.6. The largest absolute Gasteiger partial charge is 0.497 e. The maximum Gasteiger partial charge on any atom is 0.176 e. The van der Waals surface area contributed by atoms with E-state index >= 15 is 0 Å². The maximum absolute atomic E-state index is 5.34. The van der Waals surface area contributed by atoms with E-state index in [1.165, 1.54) is 12.0 Å². The lowest BCUT2D eigenvalue weighted by molar-refractivity contribution is 0.198. The van der Waals surface area contributed by atoms with Crippen molar-refractivity contribution >= 4 is 11.2 Å². The molecule has 1 aliphatic rings. The quantitative estimate of drug-likeness (QED) is 0.733. The van der Waals surface area contributed by atoms with Crippen LogP contribution in [0.3, 0.4) is 0 Å². The minimum Gasteiger partial charge on any atom is -0.497 e. The van der Waals surface area contributed by atoms with Gasteiger partial charge in [-0.2, -0.15) is 5.10 Å². The fraction of sp³-hybridized carbons (Fsp3) is 0.421. The van der Waals surface area contributed by atoms with Gasteiger partial charge in [0.05, 0.1) is 12.8 Å².